The number of rotatable bonds is 7. The minimum Gasteiger partial charge on any atom is -0.352 e. The molecule has 2 N–H and O–H groups in total. The molecule has 0 fully saturated rings. The fourth-order valence-electron chi connectivity index (χ4n) is 3.08. The predicted octanol–water partition coefficient (Wildman–Crippen LogP) is 1.48. The summed E-state index contributed by atoms with van der Waals surface area (Å²) in [6.07, 6.45) is 0.298. The van der Waals surface area contributed by atoms with Gasteiger partial charge in [-0.3, -0.25) is 9.59 Å². The molecule has 142 valence electrons. The second-order valence-corrected chi connectivity index (χ2v) is 8.05. The number of hydrogen-bond acceptors (Lipinski definition) is 3. The van der Waals surface area contributed by atoms with E-state index in [9.17, 15) is 9.59 Å². The summed E-state index contributed by atoms with van der Waals surface area (Å²) in [6.45, 7) is 1.90. The van der Waals surface area contributed by atoms with Crippen LogP contribution in [-0.4, -0.2) is 38.2 Å². The Balaban J connectivity index is 1.49. The van der Waals surface area contributed by atoms with Crippen LogP contribution >= 0.6 is 11.8 Å². The van der Waals surface area contributed by atoms with Crippen LogP contribution in [0.15, 0.2) is 53.4 Å². The van der Waals surface area contributed by atoms with E-state index < -0.39 is 0 Å². The van der Waals surface area contributed by atoms with E-state index in [0.717, 1.165) is 22.7 Å². The lowest BCUT2D eigenvalue weighted by Crippen LogP contribution is -3.04. The van der Waals surface area contributed by atoms with Crippen LogP contribution in [0.3, 0.4) is 0 Å². The van der Waals surface area contributed by atoms with Gasteiger partial charge in [-0.15, -0.1) is 11.8 Å². The van der Waals surface area contributed by atoms with Gasteiger partial charge in [-0.2, -0.15) is 0 Å². The molecule has 2 aromatic rings. The number of benzene rings is 2. The molecule has 0 unspecified atom stereocenters. The number of anilines is 1. The van der Waals surface area contributed by atoms with E-state index >= 15 is 0 Å². The van der Waals surface area contributed by atoms with Crippen molar-refractivity contribution >= 4 is 29.3 Å². The third-order valence-corrected chi connectivity index (χ3v) is 5.49. The summed E-state index contributed by atoms with van der Waals surface area (Å²) >= 11 is 1.55. The van der Waals surface area contributed by atoms with E-state index in [0.29, 0.717) is 25.3 Å². The molecular formula is C21H26N3O2S+. The SMILES string of the molecule is C[NH+](C)Cc1ccc(CNC(=O)CCN2C(=O)CSc3ccccc32)cc1. The normalized spacial score (nSPS) is 13.6. The fraction of sp³-hybridized carbons (Fsp3) is 0.333. The van der Waals surface area contributed by atoms with Crippen LogP contribution in [-0.2, 0) is 22.7 Å². The minimum absolute atomic E-state index is 0.0414. The van der Waals surface area contributed by atoms with Crippen molar-refractivity contribution in [3.05, 3.63) is 59.7 Å². The highest BCUT2D eigenvalue weighted by Crippen LogP contribution is 2.34. The first kappa shape index (κ1) is 19.5. The number of quaternary nitrogens is 1. The Morgan fingerprint density at radius 3 is 2.56 bits per heavy atom. The maximum absolute atomic E-state index is 12.2. The average Bonchev–Trinajstić information content (AvgIpc) is 2.66. The first-order valence-corrected chi connectivity index (χ1v) is 10.2. The van der Waals surface area contributed by atoms with Gasteiger partial charge in [0, 0.05) is 30.0 Å². The van der Waals surface area contributed by atoms with Gasteiger partial charge in [-0.05, 0) is 17.7 Å². The minimum atomic E-state index is -0.0414. The lowest BCUT2D eigenvalue weighted by Gasteiger charge is -2.28. The first-order valence-electron chi connectivity index (χ1n) is 9.18. The molecule has 0 bridgehead atoms. The second kappa shape index (κ2) is 9.06. The molecule has 0 atom stereocenters. The molecule has 3 rings (SSSR count). The molecule has 6 heteroatoms. The molecule has 1 aliphatic heterocycles. The maximum Gasteiger partial charge on any atom is 0.237 e. The Morgan fingerprint density at radius 1 is 1.11 bits per heavy atom. The zero-order valence-corrected chi connectivity index (χ0v) is 16.6. The van der Waals surface area contributed by atoms with Crippen molar-refractivity contribution in [3.63, 3.8) is 0 Å². The quantitative estimate of drug-likeness (QED) is 0.760. The number of carbonyl (C=O) groups is 2. The van der Waals surface area contributed by atoms with Gasteiger partial charge in [0.1, 0.15) is 6.54 Å². The lowest BCUT2D eigenvalue weighted by molar-refractivity contribution is -0.872. The van der Waals surface area contributed by atoms with Gasteiger partial charge in [0.25, 0.3) is 0 Å². The number of thioether (sulfide) groups is 1. The highest BCUT2D eigenvalue weighted by molar-refractivity contribution is 8.00. The third-order valence-electron chi connectivity index (χ3n) is 4.44. The number of nitrogens with zero attached hydrogens (tertiary/aromatic N) is 1. The summed E-state index contributed by atoms with van der Waals surface area (Å²) in [7, 11) is 4.25. The van der Waals surface area contributed by atoms with Crippen LogP contribution in [0.25, 0.3) is 0 Å². The van der Waals surface area contributed by atoms with Crippen molar-refractivity contribution in [1.29, 1.82) is 0 Å². The Morgan fingerprint density at radius 2 is 1.81 bits per heavy atom. The van der Waals surface area contributed by atoms with E-state index in [1.807, 2.05) is 24.3 Å². The topological polar surface area (TPSA) is 53.9 Å². The highest BCUT2D eigenvalue weighted by Gasteiger charge is 2.24. The van der Waals surface area contributed by atoms with Crippen molar-refractivity contribution in [2.24, 2.45) is 0 Å². The molecular weight excluding hydrogens is 358 g/mol. The molecule has 2 amide bonds. The van der Waals surface area contributed by atoms with Crippen molar-refractivity contribution in [1.82, 2.24) is 5.32 Å². The standard InChI is InChI=1S/C21H25N3O2S/c1-23(2)14-17-9-7-16(8-10-17)13-22-20(25)11-12-24-18-5-3-4-6-19(18)27-15-21(24)26/h3-10H,11-15H2,1-2H3,(H,22,25)/p+1. The average molecular weight is 385 g/mol. The van der Waals surface area contributed by atoms with E-state index in [2.05, 4.69) is 43.7 Å². The number of hydrogen-bond donors (Lipinski definition) is 2. The maximum atomic E-state index is 12.2. The van der Waals surface area contributed by atoms with Crippen LogP contribution in [0.5, 0.6) is 0 Å². The van der Waals surface area contributed by atoms with E-state index in [-0.39, 0.29) is 11.8 Å². The molecule has 5 nitrogen and oxygen atoms in total. The number of para-hydroxylation sites is 1. The Bertz CT molecular complexity index is 805. The third kappa shape index (κ3) is 5.34. The molecule has 0 aromatic heterocycles. The van der Waals surface area contributed by atoms with Gasteiger partial charge < -0.3 is 15.1 Å². The highest BCUT2D eigenvalue weighted by atomic mass is 32.2. The number of amides is 2. The van der Waals surface area contributed by atoms with Crippen molar-refractivity contribution in [2.75, 3.05) is 31.3 Å². The monoisotopic (exact) mass is 384 g/mol. The molecule has 0 spiro atoms. The number of fused-ring (bicyclic) bond motifs is 1. The first-order chi connectivity index (χ1) is 13.0. The van der Waals surface area contributed by atoms with E-state index in [1.165, 1.54) is 10.5 Å². The predicted molar refractivity (Wildman–Crippen MR) is 109 cm³/mol. The smallest absolute Gasteiger partial charge is 0.237 e. The van der Waals surface area contributed by atoms with E-state index in [1.54, 1.807) is 16.7 Å². The summed E-state index contributed by atoms with van der Waals surface area (Å²) in [5, 5.41) is 2.95. The molecule has 2 aromatic carbocycles. The largest absolute Gasteiger partial charge is 0.352 e. The summed E-state index contributed by atoms with van der Waals surface area (Å²) in [6, 6.07) is 16.2. The van der Waals surface area contributed by atoms with Crippen LogP contribution < -0.4 is 15.1 Å². The number of nitrogens with one attached hydrogen (secondary N) is 2. The Hall–Kier alpha value is -2.31. The van der Waals surface area contributed by atoms with Crippen LogP contribution in [0, 0.1) is 0 Å². The number of carbonyl (C=O) groups excluding carboxylic acids is 2. The zero-order valence-electron chi connectivity index (χ0n) is 15.8. The van der Waals surface area contributed by atoms with Crippen LogP contribution in [0.2, 0.25) is 0 Å². The van der Waals surface area contributed by atoms with Crippen LogP contribution in [0.4, 0.5) is 5.69 Å². The van der Waals surface area contributed by atoms with E-state index in [4.69, 9.17) is 0 Å². The molecule has 1 aliphatic rings. The molecule has 1 heterocycles. The van der Waals surface area contributed by atoms with Gasteiger partial charge in [0.15, 0.2) is 0 Å². The van der Waals surface area contributed by atoms with Gasteiger partial charge >= 0.3 is 0 Å². The van der Waals surface area contributed by atoms with Gasteiger partial charge in [0.2, 0.25) is 11.8 Å². The molecule has 0 saturated heterocycles. The summed E-state index contributed by atoms with van der Waals surface area (Å²) in [4.78, 5) is 28.7. The zero-order chi connectivity index (χ0) is 19.2. The Labute approximate surface area is 164 Å². The Kier molecular flexibility index (Phi) is 6.53. The van der Waals surface area contributed by atoms with Gasteiger partial charge in [-0.25, -0.2) is 0 Å². The lowest BCUT2D eigenvalue weighted by atomic mass is 10.1. The second-order valence-electron chi connectivity index (χ2n) is 7.03. The summed E-state index contributed by atoms with van der Waals surface area (Å²) in [5.74, 6) is 0.449. The molecule has 0 radical (unpaired) electrons. The van der Waals surface area contributed by atoms with Gasteiger partial charge in [0.05, 0.1) is 25.5 Å². The molecule has 0 saturated carbocycles. The van der Waals surface area contributed by atoms with Crippen molar-refractivity contribution in [2.45, 2.75) is 24.4 Å². The molecule has 0 aliphatic carbocycles. The van der Waals surface area contributed by atoms with Crippen molar-refractivity contribution in [3.8, 4) is 0 Å². The van der Waals surface area contributed by atoms with Crippen molar-refractivity contribution < 1.29 is 14.5 Å². The fourth-order valence-corrected chi connectivity index (χ4v) is 4.02. The summed E-state index contributed by atoms with van der Waals surface area (Å²) in [5.41, 5.74) is 3.27. The summed E-state index contributed by atoms with van der Waals surface area (Å²) < 4.78 is 0. The van der Waals surface area contributed by atoms with Gasteiger partial charge in [-0.1, -0.05) is 36.4 Å². The molecule has 27 heavy (non-hydrogen) atoms. The van der Waals surface area contributed by atoms with Crippen LogP contribution in [0.1, 0.15) is 17.5 Å².